The molecule has 8 heavy (non-hydrogen) atoms. The summed E-state index contributed by atoms with van der Waals surface area (Å²) in [5, 5.41) is 10.8. The Bertz CT molecular complexity index is 63.4. The summed E-state index contributed by atoms with van der Waals surface area (Å²) in [5.41, 5.74) is 0. The molecule has 0 aromatic heterocycles. The Morgan fingerprint density at radius 1 is 1.50 bits per heavy atom. The minimum Gasteiger partial charge on any atom is -1.00 e. The smallest absolute Gasteiger partial charge is 0.0869 e. The molecule has 50 valence electrons. The summed E-state index contributed by atoms with van der Waals surface area (Å²) < 4.78 is 0. The van der Waals surface area contributed by atoms with Crippen LogP contribution in [0.4, 0.5) is 0 Å². The van der Waals surface area contributed by atoms with Gasteiger partial charge in [0.05, 0.1) is 13.1 Å². The van der Waals surface area contributed by atoms with Crippen LogP contribution in [0.25, 0.3) is 0 Å². The van der Waals surface area contributed by atoms with Crippen molar-refractivity contribution in [2.45, 2.75) is 25.3 Å². The molecule has 1 N–H and O–H groups in total. The Hall–Kier alpha value is 0.650. The van der Waals surface area contributed by atoms with Gasteiger partial charge in [-0.05, 0) is 19.3 Å². The highest BCUT2D eigenvalue weighted by atomic mass is 127. The van der Waals surface area contributed by atoms with Gasteiger partial charge in [-0.1, -0.05) is 0 Å². The molecule has 0 radical (unpaired) electrons. The number of hydrogen-bond donors (Lipinski definition) is 1. The lowest BCUT2D eigenvalue weighted by Crippen LogP contribution is -3.09. The number of hydrogen-bond acceptors (Lipinski definition) is 1. The fraction of sp³-hybridized carbons (Fsp3) is 1.00. The second-order valence-corrected chi connectivity index (χ2v) is 2.24. The summed E-state index contributed by atoms with van der Waals surface area (Å²) in [6.45, 7) is 0. The van der Waals surface area contributed by atoms with Crippen molar-refractivity contribution in [1.82, 2.24) is 0 Å². The summed E-state index contributed by atoms with van der Waals surface area (Å²) >= 11 is 0. The number of quaternary nitrogens is 1. The summed E-state index contributed by atoms with van der Waals surface area (Å²) in [6.07, 6.45) is 3.56. The quantitative estimate of drug-likeness (QED) is 0.367. The van der Waals surface area contributed by atoms with E-state index in [1.807, 2.05) is 0 Å². The van der Waals surface area contributed by atoms with E-state index in [0.29, 0.717) is 11.1 Å². The van der Waals surface area contributed by atoms with Crippen LogP contribution in [0, 0.1) is 5.21 Å². The third kappa shape index (κ3) is 1.87. The van der Waals surface area contributed by atoms with Gasteiger partial charge < -0.3 is 34.2 Å². The first-order valence-electron chi connectivity index (χ1n) is 2.81. The third-order valence-electron chi connectivity index (χ3n) is 1.68. The van der Waals surface area contributed by atoms with Crippen LogP contribution in [-0.4, -0.2) is 13.1 Å². The van der Waals surface area contributed by atoms with Crippen LogP contribution >= 0.6 is 0 Å². The van der Waals surface area contributed by atoms with Gasteiger partial charge in [0, 0.05) is 0 Å². The van der Waals surface area contributed by atoms with E-state index in [-0.39, 0.29) is 24.0 Å². The maximum absolute atomic E-state index is 10.4. The molecule has 0 amide bonds. The zero-order valence-electron chi connectivity index (χ0n) is 4.98. The highest BCUT2D eigenvalue weighted by Gasteiger charge is 2.20. The summed E-state index contributed by atoms with van der Waals surface area (Å²) in [7, 11) is 1.68. The van der Waals surface area contributed by atoms with Crippen LogP contribution in [0.1, 0.15) is 19.3 Å². The first-order chi connectivity index (χ1) is 3.30. The largest absolute Gasteiger partial charge is 1.00 e. The lowest BCUT2D eigenvalue weighted by Gasteiger charge is -2.33. The molecule has 3 heteroatoms. The fourth-order valence-electron chi connectivity index (χ4n) is 0.815. The van der Waals surface area contributed by atoms with E-state index >= 15 is 0 Å². The molecule has 1 fully saturated rings. The van der Waals surface area contributed by atoms with Crippen molar-refractivity contribution in [3.8, 4) is 0 Å². The molecule has 0 aromatic rings. The van der Waals surface area contributed by atoms with Gasteiger partial charge in [-0.2, -0.15) is 0 Å². The highest BCUT2D eigenvalue weighted by molar-refractivity contribution is 4.66. The van der Waals surface area contributed by atoms with Crippen LogP contribution < -0.4 is 29.0 Å². The van der Waals surface area contributed by atoms with Gasteiger partial charge in [0.2, 0.25) is 0 Å². The molecule has 1 unspecified atom stereocenters. The molecule has 0 heterocycles. The molecule has 0 bridgehead atoms. The Morgan fingerprint density at radius 3 is 2.00 bits per heavy atom. The van der Waals surface area contributed by atoms with Gasteiger partial charge >= 0.3 is 0 Å². The molecule has 1 aliphatic carbocycles. The molecule has 1 rings (SSSR count). The summed E-state index contributed by atoms with van der Waals surface area (Å²) in [5.74, 6) is 0. The maximum atomic E-state index is 10.4. The van der Waals surface area contributed by atoms with Crippen molar-refractivity contribution in [2.24, 2.45) is 0 Å². The third-order valence-corrected chi connectivity index (χ3v) is 1.68. The predicted molar refractivity (Wildman–Crippen MR) is 27.9 cm³/mol. The number of hydroxylamine groups is 2. The van der Waals surface area contributed by atoms with Gasteiger partial charge in [0.15, 0.2) is 0 Å². The first-order valence-corrected chi connectivity index (χ1v) is 2.81. The van der Waals surface area contributed by atoms with E-state index in [1.54, 1.807) is 7.05 Å². The number of halogens is 1. The topological polar surface area (TPSA) is 27.5 Å². The van der Waals surface area contributed by atoms with Crippen molar-refractivity contribution in [2.75, 3.05) is 7.05 Å². The zero-order valence-corrected chi connectivity index (χ0v) is 7.14. The lowest BCUT2D eigenvalue weighted by molar-refractivity contribution is -0.861. The number of nitrogens with one attached hydrogen (secondary N) is 1. The monoisotopic (exact) mass is 228 g/mol. The summed E-state index contributed by atoms with van der Waals surface area (Å²) in [6, 6.07) is 0.444. The minimum atomic E-state index is 0. The Labute approximate surface area is 66.8 Å². The molecule has 0 saturated heterocycles. The normalized spacial score (nSPS) is 23.2. The maximum Gasteiger partial charge on any atom is 0.0869 e. The average Bonchev–Trinajstić information content (AvgIpc) is 1.23. The second kappa shape index (κ2) is 3.63. The van der Waals surface area contributed by atoms with E-state index in [9.17, 15) is 5.21 Å². The van der Waals surface area contributed by atoms with Crippen molar-refractivity contribution >= 4 is 0 Å². The van der Waals surface area contributed by atoms with E-state index in [4.69, 9.17) is 0 Å². The standard InChI is InChI=1S/C5H11NO.HI/c1-6(7)5-3-2-4-5;/h5-6H,2-4H2,1H3;1H/p-1. The van der Waals surface area contributed by atoms with Crippen molar-refractivity contribution in [3.05, 3.63) is 5.21 Å². The molecule has 0 spiro atoms. The number of rotatable bonds is 1. The van der Waals surface area contributed by atoms with Crippen LogP contribution in [-0.2, 0) is 0 Å². The molecule has 2 nitrogen and oxygen atoms in total. The van der Waals surface area contributed by atoms with E-state index < -0.39 is 0 Å². The Balaban J connectivity index is 0.000000490. The minimum absolute atomic E-state index is 0. The second-order valence-electron chi connectivity index (χ2n) is 2.24. The van der Waals surface area contributed by atoms with E-state index in [2.05, 4.69) is 0 Å². The Kier molecular flexibility index (Phi) is 3.93. The zero-order chi connectivity index (χ0) is 5.28. The molecule has 1 saturated carbocycles. The van der Waals surface area contributed by atoms with Gasteiger partial charge in [0.25, 0.3) is 0 Å². The molecular weight excluding hydrogens is 217 g/mol. The van der Waals surface area contributed by atoms with Crippen LogP contribution in [0.3, 0.4) is 0 Å². The molecular formula is C5H11INO-. The van der Waals surface area contributed by atoms with E-state index in [1.165, 1.54) is 6.42 Å². The molecule has 0 aliphatic heterocycles. The van der Waals surface area contributed by atoms with Crippen molar-refractivity contribution < 1.29 is 29.0 Å². The fourth-order valence-corrected chi connectivity index (χ4v) is 0.815. The van der Waals surface area contributed by atoms with Crippen LogP contribution in [0.5, 0.6) is 0 Å². The SMILES string of the molecule is C[NH+]([O-])C1CCC1.[I-]. The van der Waals surface area contributed by atoms with Crippen LogP contribution in [0.2, 0.25) is 0 Å². The first kappa shape index (κ1) is 8.65. The van der Waals surface area contributed by atoms with Gasteiger partial charge in [-0.25, -0.2) is 0 Å². The molecule has 1 aliphatic rings. The molecule has 1 atom stereocenters. The van der Waals surface area contributed by atoms with Gasteiger partial charge in [-0.15, -0.1) is 0 Å². The van der Waals surface area contributed by atoms with Crippen LogP contribution in [0.15, 0.2) is 0 Å². The van der Waals surface area contributed by atoms with Crippen molar-refractivity contribution in [3.63, 3.8) is 0 Å². The highest BCUT2D eigenvalue weighted by Crippen LogP contribution is 2.14. The van der Waals surface area contributed by atoms with E-state index in [0.717, 1.165) is 12.8 Å². The van der Waals surface area contributed by atoms with Gasteiger partial charge in [-0.3, -0.25) is 0 Å². The Morgan fingerprint density at radius 2 is 2.00 bits per heavy atom. The predicted octanol–water partition coefficient (Wildman–Crippen LogP) is -3.44. The average molecular weight is 228 g/mol. The summed E-state index contributed by atoms with van der Waals surface area (Å²) in [4.78, 5) is 0. The molecule has 0 aromatic carbocycles. The lowest BCUT2D eigenvalue weighted by atomic mass is 9.93. The van der Waals surface area contributed by atoms with Gasteiger partial charge in [0.1, 0.15) is 0 Å². The van der Waals surface area contributed by atoms with Crippen molar-refractivity contribution in [1.29, 1.82) is 0 Å².